The van der Waals surface area contributed by atoms with Gasteiger partial charge in [-0.2, -0.15) is 4.57 Å². The summed E-state index contributed by atoms with van der Waals surface area (Å²) in [6, 6.07) is 11.7. The molecule has 0 spiro atoms. The third kappa shape index (κ3) is 1.48. The molecule has 0 fully saturated rings. The summed E-state index contributed by atoms with van der Waals surface area (Å²) in [7, 11) is 3.95. The van der Waals surface area contributed by atoms with Crippen molar-refractivity contribution in [3.05, 3.63) is 54.0 Å². The van der Waals surface area contributed by atoms with E-state index in [-0.39, 0.29) is 5.82 Å². The third-order valence-corrected chi connectivity index (χ3v) is 5.03. The predicted octanol–water partition coefficient (Wildman–Crippen LogP) is 4.38. The molecule has 3 nitrogen and oxygen atoms in total. The molecule has 0 N–H and O–H groups in total. The van der Waals surface area contributed by atoms with E-state index >= 15 is 4.39 Å². The molecule has 0 amide bonds. The van der Waals surface area contributed by atoms with Gasteiger partial charge in [0.05, 0.1) is 21.9 Å². The van der Waals surface area contributed by atoms with E-state index in [9.17, 15) is 0 Å². The second kappa shape index (κ2) is 4.35. The van der Waals surface area contributed by atoms with Crippen LogP contribution in [0.15, 0.2) is 42.6 Å². The van der Waals surface area contributed by atoms with Gasteiger partial charge in [-0.15, -0.1) is 0 Å². The molecule has 0 unspecified atom stereocenters. The second-order valence-electron chi connectivity index (χ2n) is 6.43. The van der Waals surface area contributed by atoms with Gasteiger partial charge in [0.1, 0.15) is 7.05 Å². The molecule has 5 rings (SSSR count). The Morgan fingerprint density at radius 2 is 1.92 bits per heavy atom. The maximum Gasteiger partial charge on any atom is 0.260 e. The first-order valence-corrected chi connectivity index (χ1v) is 7.95. The lowest BCUT2D eigenvalue weighted by Gasteiger charge is -2.18. The van der Waals surface area contributed by atoms with E-state index in [0.29, 0.717) is 16.9 Å². The van der Waals surface area contributed by atoms with Crippen LogP contribution >= 0.6 is 0 Å². The predicted molar refractivity (Wildman–Crippen MR) is 91.8 cm³/mol. The highest BCUT2D eigenvalue weighted by Crippen LogP contribution is 2.48. The summed E-state index contributed by atoms with van der Waals surface area (Å²) in [5.41, 5.74) is 4.91. The fourth-order valence-corrected chi connectivity index (χ4v) is 3.87. The summed E-state index contributed by atoms with van der Waals surface area (Å²) < 4.78 is 25.3. The van der Waals surface area contributed by atoms with Crippen molar-refractivity contribution in [2.75, 3.05) is 0 Å². The number of para-hydroxylation sites is 1. The summed E-state index contributed by atoms with van der Waals surface area (Å²) in [6.45, 7) is 2.06. The summed E-state index contributed by atoms with van der Waals surface area (Å²) in [5.74, 6) is 0.725. The highest BCUT2D eigenvalue weighted by Gasteiger charge is 2.35. The maximum absolute atomic E-state index is 15.2. The van der Waals surface area contributed by atoms with Crippen molar-refractivity contribution in [3.8, 4) is 22.8 Å². The number of aryl methyl sites for hydroxylation is 3. The number of ether oxygens (including phenoxy) is 1. The minimum Gasteiger partial charge on any atom is -0.445 e. The van der Waals surface area contributed by atoms with Crippen LogP contribution in [0.2, 0.25) is 0 Å². The van der Waals surface area contributed by atoms with E-state index < -0.39 is 0 Å². The van der Waals surface area contributed by atoms with E-state index in [0.717, 1.165) is 33.2 Å². The Labute approximate surface area is 138 Å². The van der Waals surface area contributed by atoms with E-state index in [1.807, 2.05) is 47.6 Å². The first-order valence-electron chi connectivity index (χ1n) is 7.95. The molecule has 0 radical (unpaired) electrons. The first kappa shape index (κ1) is 13.5. The molecule has 2 aromatic heterocycles. The number of hydrogen-bond donors (Lipinski definition) is 0. The molecule has 24 heavy (non-hydrogen) atoms. The van der Waals surface area contributed by atoms with Crippen molar-refractivity contribution in [1.82, 2.24) is 4.57 Å². The molecule has 0 aliphatic carbocycles. The number of aromatic nitrogens is 2. The van der Waals surface area contributed by atoms with Crippen LogP contribution in [0.25, 0.3) is 33.1 Å². The Bertz CT molecular complexity index is 1170. The SMILES string of the molecule is Cc1ccc2c3c(cn2C)Oc2c(F)c4ccccc4[n+](C)c2-c13. The number of nitrogens with zero attached hydrogens (tertiary/aromatic N) is 2. The third-order valence-electron chi connectivity index (χ3n) is 5.03. The van der Waals surface area contributed by atoms with E-state index in [2.05, 4.69) is 19.1 Å². The van der Waals surface area contributed by atoms with Crippen LogP contribution in [0.3, 0.4) is 0 Å². The summed E-state index contributed by atoms with van der Waals surface area (Å²) in [5, 5.41) is 1.62. The molecule has 1 aliphatic rings. The van der Waals surface area contributed by atoms with Gasteiger partial charge in [-0.05, 0) is 24.6 Å². The molecule has 118 valence electrons. The lowest BCUT2D eigenvalue weighted by molar-refractivity contribution is -0.634. The van der Waals surface area contributed by atoms with Gasteiger partial charge in [0.25, 0.3) is 5.69 Å². The van der Waals surface area contributed by atoms with Gasteiger partial charge in [-0.1, -0.05) is 18.2 Å². The fourth-order valence-electron chi connectivity index (χ4n) is 3.87. The molecule has 2 aromatic carbocycles. The van der Waals surface area contributed by atoms with Crippen molar-refractivity contribution in [2.24, 2.45) is 14.1 Å². The average molecular weight is 319 g/mol. The normalized spacial score (nSPS) is 12.5. The van der Waals surface area contributed by atoms with Crippen molar-refractivity contribution in [3.63, 3.8) is 0 Å². The Morgan fingerprint density at radius 1 is 1.12 bits per heavy atom. The quantitative estimate of drug-likeness (QED) is 0.387. The lowest BCUT2D eigenvalue weighted by atomic mass is 9.96. The van der Waals surface area contributed by atoms with Crippen LogP contribution in [0.4, 0.5) is 4.39 Å². The molecular formula is C20H16FN2O+. The van der Waals surface area contributed by atoms with Crippen LogP contribution in [-0.2, 0) is 14.1 Å². The molecule has 0 saturated carbocycles. The van der Waals surface area contributed by atoms with Crippen LogP contribution < -0.4 is 9.30 Å². The summed E-state index contributed by atoms with van der Waals surface area (Å²) in [6.07, 6.45) is 1.92. The number of pyridine rings is 1. The molecular weight excluding hydrogens is 303 g/mol. The van der Waals surface area contributed by atoms with Crippen molar-refractivity contribution in [2.45, 2.75) is 6.92 Å². The minimum absolute atomic E-state index is 0.301. The highest BCUT2D eigenvalue weighted by molar-refractivity contribution is 6.04. The average Bonchev–Trinajstić information content (AvgIpc) is 2.91. The zero-order chi connectivity index (χ0) is 16.6. The largest absolute Gasteiger partial charge is 0.445 e. The van der Waals surface area contributed by atoms with E-state index in [1.54, 1.807) is 6.07 Å². The van der Waals surface area contributed by atoms with Crippen molar-refractivity contribution in [1.29, 1.82) is 0 Å². The topological polar surface area (TPSA) is 18.0 Å². The maximum atomic E-state index is 15.2. The van der Waals surface area contributed by atoms with Crippen LogP contribution in [0.1, 0.15) is 5.56 Å². The first-order chi connectivity index (χ1) is 11.6. The summed E-state index contributed by atoms with van der Waals surface area (Å²) >= 11 is 0. The van der Waals surface area contributed by atoms with Crippen molar-refractivity contribution >= 4 is 21.8 Å². The van der Waals surface area contributed by atoms with Gasteiger partial charge in [0, 0.05) is 19.3 Å². The Hall–Kier alpha value is -2.88. The van der Waals surface area contributed by atoms with Gasteiger partial charge in [-0.25, -0.2) is 4.39 Å². The Kier molecular flexibility index (Phi) is 2.46. The van der Waals surface area contributed by atoms with E-state index in [1.165, 1.54) is 0 Å². The monoisotopic (exact) mass is 319 g/mol. The Morgan fingerprint density at radius 3 is 2.75 bits per heavy atom. The highest BCUT2D eigenvalue weighted by atomic mass is 19.1. The smallest absolute Gasteiger partial charge is 0.260 e. The molecule has 0 saturated heterocycles. The number of rotatable bonds is 0. The zero-order valence-electron chi connectivity index (χ0n) is 13.7. The Balaban J connectivity index is 2.05. The van der Waals surface area contributed by atoms with Gasteiger partial charge >= 0.3 is 0 Å². The second-order valence-corrected chi connectivity index (χ2v) is 6.43. The number of halogens is 1. The van der Waals surface area contributed by atoms with Crippen LogP contribution in [0, 0.1) is 12.7 Å². The van der Waals surface area contributed by atoms with Crippen LogP contribution in [0.5, 0.6) is 11.5 Å². The minimum atomic E-state index is -0.301. The zero-order valence-corrected chi connectivity index (χ0v) is 13.7. The standard InChI is InChI=1S/C20H16FN2O/c1-11-8-9-14-17-15(10-22(14)2)24-20-18(21)12-6-4-5-7-13(12)23(3)19(20)16(11)17/h4-10H,1-3H3/q+1. The molecule has 0 bridgehead atoms. The fraction of sp³-hybridized carbons (Fsp3) is 0.150. The van der Waals surface area contributed by atoms with Gasteiger partial charge in [0.15, 0.2) is 11.6 Å². The van der Waals surface area contributed by atoms with Gasteiger partial charge in [0.2, 0.25) is 11.3 Å². The number of benzene rings is 2. The molecule has 0 atom stereocenters. The molecule has 3 heterocycles. The van der Waals surface area contributed by atoms with Gasteiger partial charge < -0.3 is 9.30 Å². The van der Waals surface area contributed by atoms with Crippen molar-refractivity contribution < 1.29 is 13.7 Å². The van der Waals surface area contributed by atoms with Gasteiger partial charge in [-0.3, -0.25) is 0 Å². The van der Waals surface area contributed by atoms with Crippen LogP contribution in [-0.4, -0.2) is 4.57 Å². The summed E-state index contributed by atoms with van der Waals surface area (Å²) in [4.78, 5) is 0. The molecule has 4 aromatic rings. The molecule has 1 aliphatic heterocycles. The van der Waals surface area contributed by atoms with E-state index in [4.69, 9.17) is 4.74 Å². The lowest BCUT2D eigenvalue weighted by Crippen LogP contribution is -2.34. The number of fused-ring (bicyclic) bond motifs is 3. The molecule has 4 heteroatoms. The number of hydrogen-bond acceptors (Lipinski definition) is 1.